The molecule has 1 spiro atoms. The normalized spacial score (nSPS) is 24.2. The molecule has 10 nitrogen and oxygen atoms in total. The number of amides is 1. The Labute approximate surface area is 187 Å². The first-order valence-corrected chi connectivity index (χ1v) is 10.1. The molecule has 0 saturated carbocycles. The largest absolute Gasteiger partial charge is 0.395 e. The third kappa shape index (κ3) is 3.94. The van der Waals surface area contributed by atoms with Gasteiger partial charge in [0, 0.05) is 16.8 Å². The first-order chi connectivity index (χ1) is 15.6. The summed E-state index contributed by atoms with van der Waals surface area (Å²) in [6.45, 7) is 2.72. The summed E-state index contributed by atoms with van der Waals surface area (Å²) in [7, 11) is 0. The molecule has 0 bridgehead atoms. The maximum Gasteiger partial charge on any atom is 0.390 e. The summed E-state index contributed by atoms with van der Waals surface area (Å²) < 4.78 is 30.5. The zero-order valence-corrected chi connectivity index (χ0v) is 17.9. The van der Waals surface area contributed by atoms with Crippen molar-refractivity contribution in [3.05, 3.63) is 53.6 Å². The summed E-state index contributed by atoms with van der Waals surface area (Å²) in [5.41, 5.74) is 3.97. The molecule has 1 fully saturated rings. The molecular weight excluding hydrogens is 437 g/mol. The lowest BCUT2D eigenvalue weighted by Gasteiger charge is -2.49. The second kappa shape index (κ2) is 8.18. The topological polar surface area (TPSA) is 141 Å². The molecule has 11 heteroatoms. The van der Waals surface area contributed by atoms with Gasteiger partial charge in [-0.2, -0.15) is 0 Å². The monoisotopic (exact) mass is 459 g/mol. The number of benzene rings is 1. The molecule has 3 N–H and O–H groups in total. The van der Waals surface area contributed by atoms with Crippen molar-refractivity contribution in [2.24, 2.45) is 5.73 Å². The highest BCUT2D eigenvalue weighted by atomic mass is 19.1. The fraction of sp³-hybridized carbons (Fsp3) is 0.364. The number of aliphatic hydroxyl groups is 1. The van der Waals surface area contributed by atoms with E-state index in [1.807, 2.05) is 0 Å². The molecule has 1 amide bonds. The number of morpholine rings is 1. The summed E-state index contributed by atoms with van der Waals surface area (Å²) in [6, 6.07) is 6.19. The number of hydrogen-bond acceptors (Lipinski definition) is 9. The molecule has 0 aliphatic carbocycles. The lowest BCUT2D eigenvalue weighted by molar-refractivity contribution is -0.374. The van der Waals surface area contributed by atoms with Gasteiger partial charge in [-0.15, -0.1) is 0 Å². The second-order valence-electron chi connectivity index (χ2n) is 8.25. The molecule has 2 atom stereocenters. The van der Waals surface area contributed by atoms with Gasteiger partial charge in [-0.1, -0.05) is 24.3 Å². The Bertz CT molecular complexity index is 1180. The molecule has 4 rings (SSSR count). The number of primary amides is 1. The number of fused-ring (bicyclic) bond motifs is 1. The summed E-state index contributed by atoms with van der Waals surface area (Å²) in [6.07, 6.45) is 1.75. The minimum absolute atomic E-state index is 0.189. The van der Waals surface area contributed by atoms with E-state index in [0.717, 1.165) is 6.20 Å². The quantitative estimate of drug-likeness (QED) is 0.493. The zero-order chi connectivity index (χ0) is 24.0. The molecule has 2 unspecified atom stereocenters. The van der Waals surface area contributed by atoms with Crippen LogP contribution in [0.1, 0.15) is 19.5 Å². The van der Waals surface area contributed by atoms with Crippen LogP contribution < -0.4 is 5.73 Å². The van der Waals surface area contributed by atoms with Crippen LogP contribution in [0.4, 0.5) is 4.39 Å². The molecule has 0 radical (unpaired) electrons. The van der Waals surface area contributed by atoms with Crippen LogP contribution in [0, 0.1) is 5.82 Å². The van der Waals surface area contributed by atoms with E-state index in [0.29, 0.717) is 22.5 Å². The van der Waals surface area contributed by atoms with Gasteiger partial charge in [-0.05, 0) is 13.8 Å². The van der Waals surface area contributed by atoms with Crippen LogP contribution in [-0.4, -0.2) is 64.6 Å². The number of nitrogens with zero attached hydrogens (tertiary/aromatic N) is 2. The van der Waals surface area contributed by atoms with Crippen molar-refractivity contribution in [3.63, 3.8) is 0 Å². The van der Waals surface area contributed by atoms with Gasteiger partial charge < -0.3 is 25.1 Å². The first kappa shape index (κ1) is 22.8. The summed E-state index contributed by atoms with van der Waals surface area (Å²) in [4.78, 5) is 42.2. The molecule has 3 heterocycles. The number of nitrogens with two attached hydrogens (primary N) is 1. The van der Waals surface area contributed by atoms with Crippen LogP contribution in [0.3, 0.4) is 0 Å². The van der Waals surface area contributed by atoms with Crippen LogP contribution in [0.25, 0.3) is 10.8 Å². The van der Waals surface area contributed by atoms with E-state index < -0.39 is 46.8 Å². The minimum atomic E-state index is -2.19. The van der Waals surface area contributed by atoms with Crippen LogP contribution in [0.15, 0.2) is 42.1 Å². The second-order valence-corrected chi connectivity index (χ2v) is 8.25. The number of hydrogen-bond donors (Lipinski definition) is 2. The number of rotatable bonds is 4. The minimum Gasteiger partial charge on any atom is -0.395 e. The van der Waals surface area contributed by atoms with Gasteiger partial charge in [0.2, 0.25) is 0 Å². The van der Waals surface area contributed by atoms with Gasteiger partial charge in [0.1, 0.15) is 17.9 Å². The van der Waals surface area contributed by atoms with E-state index >= 15 is 0 Å². The number of carbonyl (C=O) groups is 3. The van der Waals surface area contributed by atoms with E-state index in [-0.39, 0.29) is 19.8 Å². The van der Waals surface area contributed by atoms with Crippen molar-refractivity contribution in [3.8, 4) is 0 Å². The van der Waals surface area contributed by atoms with E-state index in [4.69, 9.17) is 19.9 Å². The lowest BCUT2D eigenvalue weighted by atomic mass is 9.90. The molecule has 33 heavy (non-hydrogen) atoms. The SMILES string of the molecule is CC(C)(c1ncc(F)c2ccccc12)N1CC2(OCC1CO)OC(=O)C=C(C(N)=O)C(=O)O2. The Morgan fingerprint density at radius 3 is 2.67 bits per heavy atom. The zero-order valence-electron chi connectivity index (χ0n) is 17.9. The Morgan fingerprint density at radius 1 is 1.30 bits per heavy atom. The van der Waals surface area contributed by atoms with Gasteiger partial charge in [0.15, 0.2) is 0 Å². The van der Waals surface area contributed by atoms with E-state index in [1.165, 1.54) is 0 Å². The Morgan fingerprint density at radius 2 is 2.00 bits per heavy atom. The molecule has 1 aromatic heterocycles. The lowest BCUT2D eigenvalue weighted by Crippen LogP contribution is -2.65. The molecular formula is C22H22FN3O7. The molecule has 1 saturated heterocycles. The number of carbonyl (C=O) groups excluding carboxylic acids is 3. The van der Waals surface area contributed by atoms with E-state index in [1.54, 1.807) is 43.0 Å². The number of aliphatic hydroxyl groups excluding tert-OH is 1. The number of pyridine rings is 1. The predicted octanol–water partition coefficient (Wildman–Crippen LogP) is 0.468. The predicted molar refractivity (Wildman–Crippen MR) is 110 cm³/mol. The van der Waals surface area contributed by atoms with Crippen molar-refractivity contribution in [1.29, 1.82) is 0 Å². The number of aromatic nitrogens is 1. The van der Waals surface area contributed by atoms with Crippen LogP contribution in [-0.2, 0) is 34.1 Å². The summed E-state index contributed by atoms with van der Waals surface area (Å²) in [5, 5.41) is 10.9. The average Bonchev–Trinajstić information content (AvgIpc) is 2.89. The number of esters is 2. The maximum absolute atomic E-state index is 14.4. The number of ether oxygens (including phenoxy) is 3. The van der Waals surface area contributed by atoms with Crippen molar-refractivity contribution in [2.45, 2.75) is 31.4 Å². The smallest absolute Gasteiger partial charge is 0.390 e. The highest BCUT2D eigenvalue weighted by Crippen LogP contribution is 2.39. The highest BCUT2D eigenvalue weighted by Gasteiger charge is 2.53. The Hall–Kier alpha value is -3.41. The van der Waals surface area contributed by atoms with E-state index in [2.05, 4.69) is 4.98 Å². The first-order valence-electron chi connectivity index (χ1n) is 10.1. The van der Waals surface area contributed by atoms with Crippen molar-refractivity contribution >= 4 is 28.6 Å². The van der Waals surface area contributed by atoms with Crippen molar-refractivity contribution in [1.82, 2.24) is 9.88 Å². The fourth-order valence-electron chi connectivity index (χ4n) is 4.16. The average molecular weight is 459 g/mol. The fourth-order valence-corrected chi connectivity index (χ4v) is 4.16. The van der Waals surface area contributed by atoms with Gasteiger partial charge in [0.05, 0.1) is 36.7 Å². The highest BCUT2D eigenvalue weighted by molar-refractivity contribution is 6.19. The Balaban J connectivity index is 1.75. The van der Waals surface area contributed by atoms with Gasteiger partial charge >= 0.3 is 17.9 Å². The summed E-state index contributed by atoms with van der Waals surface area (Å²) >= 11 is 0. The third-order valence-electron chi connectivity index (χ3n) is 5.81. The van der Waals surface area contributed by atoms with Crippen molar-refractivity contribution in [2.75, 3.05) is 19.8 Å². The van der Waals surface area contributed by atoms with Gasteiger partial charge in [-0.25, -0.2) is 14.0 Å². The Kier molecular flexibility index (Phi) is 5.64. The van der Waals surface area contributed by atoms with E-state index in [9.17, 15) is 23.9 Å². The third-order valence-corrected chi connectivity index (χ3v) is 5.81. The number of halogens is 1. The molecule has 2 aliphatic rings. The molecule has 174 valence electrons. The van der Waals surface area contributed by atoms with Crippen molar-refractivity contribution < 1.29 is 38.1 Å². The van der Waals surface area contributed by atoms with Crippen LogP contribution in [0.5, 0.6) is 0 Å². The maximum atomic E-state index is 14.4. The van der Waals surface area contributed by atoms with Gasteiger partial charge in [-0.3, -0.25) is 14.7 Å². The molecule has 2 aliphatic heterocycles. The van der Waals surface area contributed by atoms with Crippen LogP contribution >= 0.6 is 0 Å². The van der Waals surface area contributed by atoms with Gasteiger partial charge in [0.25, 0.3) is 5.91 Å². The standard InChI is InChI=1S/C22H22FN3O7/c1-21(2,18-14-6-4-3-5-13(14)16(23)8-25-18)26-11-22(31-10-12(26)9-27)32-17(28)7-15(19(24)29)20(30)33-22/h3-8,12,27H,9-11H2,1-2H3,(H2,24,29). The van der Waals surface area contributed by atoms with Crippen LogP contribution in [0.2, 0.25) is 0 Å². The molecule has 2 aromatic rings. The molecule has 1 aromatic carbocycles. The summed E-state index contributed by atoms with van der Waals surface area (Å²) in [5.74, 6) is -6.07.